The molecule has 0 aromatic heterocycles. The SMILES string of the molecule is COC(=O)CCC(CCC(=O)OC)(CCC(=O)OC)Cc1ccc(Cl)cc1. The molecule has 0 aliphatic rings. The van der Waals surface area contributed by atoms with Crippen LogP contribution in [-0.4, -0.2) is 39.2 Å². The van der Waals surface area contributed by atoms with Gasteiger partial charge in [-0.3, -0.25) is 14.4 Å². The normalized spacial score (nSPS) is 11.0. The highest BCUT2D eigenvalue weighted by molar-refractivity contribution is 6.30. The highest BCUT2D eigenvalue weighted by Crippen LogP contribution is 2.39. The van der Waals surface area contributed by atoms with Crippen LogP contribution in [-0.2, 0) is 35.0 Å². The molecule has 0 radical (unpaired) electrons. The molecule has 0 saturated carbocycles. The number of carbonyl (C=O) groups excluding carboxylic acids is 3. The van der Waals surface area contributed by atoms with Crippen molar-refractivity contribution >= 4 is 29.5 Å². The number of methoxy groups -OCH3 is 3. The van der Waals surface area contributed by atoms with Crippen LogP contribution in [0.25, 0.3) is 0 Å². The van der Waals surface area contributed by atoms with Crippen LogP contribution in [0, 0.1) is 5.41 Å². The zero-order chi connectivity index (χ0) is 20.3. The number of carbonyl (C=O) groups is 3. The molecule has 0 fully saturated rings. The molecule has 0 heterocycles. The maximum absolute atomic E-state index is 11.7. The van der Waals surface area contributed by atoms with Crippen molar-refractivity contribution in [2.75, 3.05) is 21.3 Å². The van der Waals surface area contributed by atoms with E-state index in [1.165, 1.54) is 21.3 Å². The fourth-order valence-electron chi connectivity index (χ4n) is 3.08. The molecule has 7 heteroatoms. The summed E-state index contributed by atoms with van der Waals surface area (Å²) in [5, 5.41) is 0.628. The number of halogens is 1. The summed E-state index contributed by atoms with van der Waals surface area (Å²) in [5.41, 5.74) is 0.559. The molecule has 27 heavy (non-hydrogen) atoms. The highest BCUT2D eigenvalue weighted by Gasteiger charge is 2.32. The molecule has 1 rings (SSSR count). The van der Waals surface area contributed by atoms with Crippen LogP contribution in [0.4, 0.5) is 0 Å². The van der Waals surface area contributed by atoms with E-state index in [2.05, 4.69) is 0 Å². The van der Waals surface area contributed by atoms with Gasteiger partial charge in [-0.15, -0.1) is 0 Å². The van der Waals surface area contributed by atoms with Gasteiger partial charge in [-0.05, 0) is 48.8 Å². The molecule has 150 valence electrons. The molecule has 6 nitrogen and oxygen atoms in total. The summed E-state index contributed by atoms with van der Waals surface area (Å²) in [6.07, 6.45) is 2.64. The summed E-state index contributed by atoms with van der Waals surface area (Å²) in [6, 6.07) is 7.40. The van der Waals surface area contributed by atoms with E-state index in [9.17, 15) is 14.4 Å². The molecule has 0 bridgehead atoms. The number of benzene rings is 1. The Balaban J connectivity index is 3.08. The first kappa shape index (κ1) is 23.0. The summed E-state index contributed by atoms with van der Waals surface area (Å²) in [4.78, 5) is 35.2. The van der Waals surface area contributed by atoms with Crippen LogP contribution in [0.2, 0.25) is 5.02 Å². The second-order valence-electron chi connectivity index (χ2n) is 6.53. The van der Waals surface area contributed by atoms with E-state index in [1.807, 2.05) is 12.1 Å². The third-order valence-corrected chi connectivity index (χ3v) is 5.01. The summed E-state index contributed by atoms with van der Waals surface area (Å²) in [6.45, 7) is 0. The van der Waals surface area contributed by atoms with Gasteiger partial charge in [-0.2, -0.15) is 0 Å². The summed E-state index contributed by atoms with van der Waals surface area (Å²) in [5.74, 6) is -0.982. The predicted octanol–water partition coefficient (Wildman–Crippen LogP) is 3.73. The van der Waals surface area contributed by atoms with Gasteiger partial charge < -0.3 is 14.2 Å². The van der Waals surface area contributed by atoms with Crippen LogP contribution in [0.15, 0.2) is 24.3 Å². The smallest absolute Gasteiger partial charge is 0.305 e. The molecule has 0 saturated heterocycles. The minimum absolute atomic E-state index is 0.201. The number of ether oxygens (including phenoxy) is 3. The quantitative estimate of drug-likeness (QED) is 0.417. The van der Waals surface area contributed by atoms with Crippen molar-refractivity contribution in [2.24, 2.45) is 5.41 Å². The number of esters is 3. The molecule has 0 N–H and O–H groups in total. The van der Waals surface area contributed by atoms with Crippen molar-refractivity contribution in [1.29, 1.82) is 0 Å². The largest absolute Gasteiger partial charge is 0.469 e. The monoisotopic (exact) mass is 398 g/mol. The Bertz CT molecular complexity index is 576. The molecular formula is C20H27ClO6. The zero-order valence-corrected chi connectivity index (χ0v) is 16.8. The van der Waals surface area contributed by atoms with Crippen molar-refractivity contribution in [2.45, 2.75) is 44.9 Å². The van der Waals surface area contributed by atoms with Gasteiger partial charge in [0.2, 0.25) is 0 Å². The predicted molar refractivity (Wildman–Crippen MR) is 101 cm³/mol. The van der Waals surface area contributed by atoms with Crippen molar-refractivity contribution in [3.05, 3.63) is 34.9 Å². The van der Waals surface area contributed by atoms with Gasteiger partial charge in [0, 0.05) is 24.3 Å². The van der Waals surface area contributed by atoms with Gasteiger partial charge in [0.15, 0.2) is 0 Å². The van der Waals surface area contributed by atoms with Gasteiger partial charge in [0.25, 0.3) is 0 Å². The van der Waals surface area contributed by atoms with Crippen LogP contribution in [0.3, 0.4) is 0 Å². The lowest BCUT2D eigenvalue weighted by Gasteiger charge is -2.34. The van der Waals surface area contributed by atoms with E-state index in [-0.39, 0.29) is 37.2 Å². The highest BCUT2D eigenvalue weighted by atomic mass is 35.5. The molecule has 0 amide bonds. The van der Waals surface area contributed by atoms with Gasteiger partial charge in [-0.25, -0.2) is 0 Å². The summed E-state index contributed by atoms with van der Waals surface area (Å²) in [7, 11) is 4.02. The third kappa shape index (κ3) is 8.43. The minimum atomic E-state index is -0.454. The second kappa shape index (κ2) is 11.6. The van der Waals surface area contributed by atoms with E-state index in [0.29, 0.717) is 30.7 Å². The Labute approximate surface area is 165 Å². The molecule has 0 spiro atoms. The van der Waals surface area contributed by atoms with Crippen LogP contribution in [0.5, 0.6) is 0 Å². The molecule has 1 aromatic rings. The van der Waals surface area contributed by atoms with Gasteiger partial charge >= 0.3 is 17.9 Å². The Morgan fingerprint density at radius 1 is 0.778 bits per heavy atom. The third-order valence-electron chi connectivity index (χ3n) is 4.75. The lowest BCUT2D eigenvalue weighted by atomic mass is 9.71. The average Bonchev–Trinajstić information content (AvgIpc) is 2.69. The fourth-order valence-corrected chi connectivity index (χ4v) is 3.21. The van der Waals surface area contributed by atoms with E-state index in [4.69, 9.17) is 25.8 Å². The molecular weight excluding hydrogens is 372 g/mol. The van der Waals surface area contributed by atoms with Crippen molar-refractivity contribution in [3.8, 4) is 0 Å². The topological polar surface area (TPSA) is 78.9 Å². The maximum Gasteiger partial charge on any atom is 0.305 e. The van der Waals surface area contributed by atoms with Gasteiger partial charge in [0.1, 0.15) is 0 Å². The van der Waals surface area contributed by atoms with Crippen molar-refractivity contribution in [3.63, 3.8) is 0 Å². The summed E-state index contributed by atoms with van der Waals surface area (Å²) >= 11 is 5.96. The van der Waals surface area contributed by atoms with E-state index >= 15 is 0 Å². The fraction of sp³-hybridized carbons (Fsp3) is 0.550. The van der Waals surface area contributed by atoms with Crippen LogP contribution in [0.1, 0.15) is 44.1 Å². The Hall–Kier alpha value is -2.08. The maximum atomic E-state index is 11.7. The first-order valence-electron chi connectivity index (χ1n) is 8.79. The first-order valence-corrected chi connectivity index (χ1v) is 9.17. The lowest BCUT2D eigenvalue weighted by molar-refractivity contribution is -0.142. The Morgan fingerprint density at radius 2 is 1.15 bits per heavy atom. The van der Waals surface area contributed by atoms with E-state index in [1.54, 1.807) is 12.1 Å². The standard InChI is InChI=1S/C20H27ClO6/c1-25-17(22)8-11-20(12-9-18(23)26-2,13-10-19(24)27-3)14-15-4-6-16(21)7-5-15/h4-7H,8-14H2,1-3H3. The zero-order valence-electron chi connectivity index (χ0n) is 16.1. The average molecular weight is 399 g/mol. The van der Waals surface area contributed by atoms with Gasteiger partial charge in [-0.1, -0.05) is 23.7 Å². The number of hydrogen-bond donors (Lipinski definition) is 0. The van der Waals surface area contributed by atoms with Gasteiger partial charge in [0.05, 0.1) is 21.3 Å². The first-order chi connectivity index (χ1) is 12.8. The Morgan fingerprint density at radius 3 is 1.48 bits per heavy atom. The van der Waals surface area contributed by atoms with Crippen LogP contribution < -0.4 is 0 Å². The molecule has 1 aromatic carbocycles. The summed E-state index contributed by atoms with van der Waals surface area (Å²) < 4.78 is 14.3. The number of rotatable bonds is 11. The van der Waals surface area contributed by atoms with Crippen molar-refractivity contribution < 1.29 is 28.6 Å². The van der Waals surface area contributed by atoms with E-state index in [0.717, 1.165) is 5.56 Å². The van der Waals surface area contributed by atoms with E-state index < -0.39 is 5.41 Å². The molecule has 0 aliphatic carbocycles. The van der Waals surface area contributed by atoms with Crippen LogP contribution >= 0.6 is 11.6 Å². The van der Waals surface area contributed by atoms with Crippen molar-refractivity contribution in [1.82, 2.24) is 0 Å². The second-order valence-corrected chi connectivity index (χ2v) is 6.97. The number of hydrogen-bond acceptors (Lipinski definition) is 6. The molecule has 0 aliphatic heterocycles. The lowest BCUT2D eigenvalue weighted by Crippen LogP contribution is -2.28. The molecule has 0 unspecified atom stereocenters. The minimum Gasteiger partial charge on any atom is -0.469 e. The Kier molecular flexibility index (Phi) is 9.86. The molecule has 0 atom stereocenters.